The third-order valence-corrected chi connectivity index (χ3v) is 4.25. The van der Waals surface area contributed by atoms with Gasteiger partial charge >= 0.3 is 0 Å². The molecule has 0 aliphatic heterocycles. The van der Waals surface area contributed by atoms with E-state index < -0.39 is 23.6 Å². The minimum absolute atomic E-state index is 0.0886. The van der Waals surface area contributed by atoms with Gasteiger partial charge in [-0.25, -0.2) is 13.8 Å². The highest BCUT2D eigenvalue weighted by molar-refractivity contribution is 5.78. The summed E-state index contributed by atoms with van der Waals surface area (Å²) in [5.74, 6) is -1.70. The number of benzene rings is 2. The summed E-state index contributed by atoms with van der Waals surface area (Å²) in [6, 6.07) is 9.63. The lowest BCUT2D eigenvalue weighted by Gasteiger charge is -2.17. The first-order valence-electron chi connectivity index (χ1n) is 8.32. The van der Waals surface area contributed by atoms with Crippen molar-refractivity contribution in [3.63, 3.8) is 0 Å². The Balaban J connectivity index is 1.93. The van der Waals surface area contributed by atoms with Crippen LogP contribution in [0, 0.1) is 11.6 Å². The number of carbonyl (C=O) groups excluding carboxylic acids is 1. The Bertz CT molecular complexity index is 1070. The van der Waals surface area contributed by atoms with Gasteiger partial charge in [0.1, 0.15) is 24.0 Å². The number of rotatable bonds is 6. The van der Waals surface area contributed by atoms with Crippen LogP contribution in [-0.2, 0) is 17.9 Å². The molecule has 0 aliphatic carbocycles. The molecule has 1 heterocycles. The van der Waals surface area contributed by atoms with Crippen molar-refractivity contribution < 1.29 is 13.6 Å². The highest BCUT2D eigenvalue weighted by atomic mass is 19.1. The first kappa shape index (κ1) is 18.7. The number of nitrogens with zero attached hydrogens (tertiary/aromatic N) is 2. The quantitative estimate of drug-likeness (QED) is 0.693. The van der Waals surface area contributed by atoms with Crippen LogP contribution >= 0.6 is 0 Å². The molecule has 6 nitrogen and oxygen atoms in total. The predicted octanol–water partition coefficient (Wildman–Crippen LogP) is 2.01. The van der Waals surface area contributed by atoms with Crippen LogP contribution in [0.4, 0.5) is 8.78 Å². The molecule has 27 heavy (non-hydrogen) atoms. The van der Waals surface area contributed by atoms with Gasteiger partial charge in [0.05, 0.1) is 17.4 Å². The maximum Gasteiger partial charge on any atom is 0.261 e. The number of amides is 1. The summed E-state index contributed by atoms with van der Waals surface area (Å²) in [6.07, 6.45) is 0. The zero-order chi connectivity index (χ0) is 19.6. The van der Waals surface area contributed by atoms with Crippen LogP contribution in [0.2, 0.25) is 0 Å². The van der Waals surface area contributed by atoms with Crippen molar-refractivity contribution in [2.45, 2.75) is 26.1 Å². The van der Waals surface area contributed by atoms with Crippen molar-refractivity contribution in [1.29, 1.82) is 0 Å². The van der Waals surface area contributed by atoms with E-state index >= 15 is 0 Å². The number of hydrogen-bond acceptors (Lipinski definition) is 4. The number of nitrogens with two attached hydrogens (primary N) is 1. The molecular formula is C19H18F2N4O2. The highest BCUT2D eigenvalue weighted by Crippen LogP contribution is 2.18. The number of primary amides is 1. The smallest absolute Gasteiger partial charge is 0.261 e. The van der Waals surface area contributed by atoms with Gasteiger partial charge in [-0.3, -0.25) is 14.2 Å². The molecule has 0 aliphatic rings. The van der Waals surface area contributed by atoms with E-state index in [0.717, 1.165) is 6.07 Å². The van der Waals surface area contributed by atoms with Gasteiger partial charge in [0.15, 0.2) is 0 Å². The van der Waals surface area contributed by atoms with E-state index in [-0.39, 0.29) is 24.2 Å². The Kier molecular flexibility index (Phi) is 5.27. The van der Waals surface area contributed by atoms with Gasteiger partial charge in [0.25, 0.3) is 5.56 Å². The molecule has 0 fully saturated rings. The number of halogens is 2. The molecule has 1 aromatic heterocycles. The van der Waals surface area contributed by atoms with Gasteiger partial charge in [-0.05, 0) is 25.1 Å². The Morgan fingerprint density at radius 3 is 2.70 bits per heavy atom. The molecule has 2 aromatic carbocycles. The molecule has 0 unspecified atom stereocenters. The SMILES string of the molecule is C[C@H](NCc1nc2ccccc2c(=O)n1CC(N)=O)c1ccc(F)cc1F. The van der Waals surface area contributed by atoms with E-state index in [4.69, 9.17) is 5.73 Å². The largest absolute Gasteiger partial charge is 0.368 e. The normalized spacial score (nSPS) is 12.3. The summed E-state index contributed by atoms with van der Waals surface area (Å²) in [6.45, 7) is 1.48. The van der Waals surface area contributed by atoms with E-state index in [2.05, 4.69) is 10.3 Å². The Labute approximate surface area is 153 Å². The third kappa shape index (κ3) is 4.01. The maximum absolute atomic E-state index is 13.9. The fraction of sp³-hybridized carbons (Fsp3) is 0.211. The Morgan fingerprint density at radius 2 is 2.00 bits per heavy atom. The molecule has 3 rings (SSSR count). The van der Waals surface area contributed by atoms with Crippen LogP contribution in [0.1, 0.15) is 24.4 Å². The van der Waals surface area contributed by atoms with E-state index in [1.54, 1.807) is 31.2 Å². The van der Waals surface area contributed by atoms with Gasteiger partial charge in [0.2, 0.25) is 5.91 Å². The number of hydrogen-bond donors (Lipinski definition) is 2. The summed E-state index contributed by atoms with van der Waals surface area (Å²) in [5.41, 5.74) is 5.64. The van der Waals surface area contributed by atoms with Gasteiger partial charge in [-0.1, -0.05) is 18.2 Å². The molecule has 0 bridgehead atoms. The van der Waals surface area contributed by atoms with E-state index in [0.29, 0.717) is 16.7 Å². The number of fused-ring (bicyclic) bond motifs is 1. The lowest BCUT2D eigenvalue weighted by Crippen LogP contribution is -2.33. The molecule has 0 spiro atoms. The zero-order valence-electron chi connectivity index (χ0n) is 14.6. The first-order valence-corrected chi connectivity index (χ1v) is 8.32. The van der Waals surface area contributed by atoms with Crippen molar-refractivity contribution >= 4 is 16.8 Å². The van der Waals surface area contributed by atoms with E-state index in [1.807, 2.05) is 0 Å². The molecule has 1 atom stereocenters. The minimum atomic E-state index is -0.673. The van der Waals surface area contributed by atoms with E-state index in [9.17, 15) is 18.4 Å². The predicted molar refractivity (Wildman–Crippen MR) is 96.8 cm³/mol. The topological polar surface area (TPSA) is 90.0 Å². The molecule has 3 aromatic rings. The zero-order valence-corrected chi connectivity index (χ0v) is 14.6. The van der Waals surface area contributed by atoms with Gasteiger partial charge in [0, 0.05) is 17.7 Å². The molecule has 3 N–H and O–H groups in total. The van der Waals surface area contributed by atoms with Crippen LogP contribution < -0.4 is 16.6 Å². The molecule has 8 heteroatoms. The molecule has 140 valence electrons. The van der Waals surface area contributed by atoms with Crippen molar-refractivity contribution in [3.8, 4) is 0 Å². The van der Waals surface area contributed by atoms with E-state index in [1.165, 1.54) is 16.7 Å². The molecule has 0 saturated carbocycles. The molecule has 1 amide bonds. The van der Waals surface area contributed by atoms with Gasteiger partial charge in [-0.2, -0.15) is 0 Å². The Hall–Kier alpha value is -3.13. The lowest BCUT2D eigenvalue weighted by atomic mass is 10.1. The molecule has 0 saturated heterocycles. The van der Waals surface area contributed by atoms with Crippen molar-refractivity contribution in [2.75, 3.05) is 0 Å². The van der Waals surface area contributed by atoms with Gasteiger partial charge < -0.3 is 11.1 Å². The second kappa shape index (κ2) is 7.63. The second-order valence-electron chi connectivity index (χ2n) is 6.17. The fourth-order valence-electron chi connectivity index (χ4n) is 2.87. The monoisotopic (exact) mass is 372 g/mol. The summed E-state index contributed by atoms with van der Waals surface area (Å²) in [7, 11) is 0. The molecule has 0 radical (unpaired) electrons. The van der Waals surface area contributed by atoms with Gasteiger partial charge in [-0.15, -0.1) is 0 Å². The maximum atomic E-state index is 13.9. The van der Waals surface area contributed by atoms with Crippen molar-refractivity contribution in [3.05, 3.63) is 75.8 Å². The van der Waals surface area contributed by atoms with Crippen LogP contribution in [0.3, 0.4) is 0 Å². The van der Waals surface area contributed by atoms with Crippen LogP contribution in [0.5, 0.6) is 0 Å². The van der Waals surface area contributed by atoms with Crippen LogP contribution in [-0.4, -0.2) is 15.5 Å². The lowest BCUT2D eigenvalue weighted by molar-refractivity contribution is -0.118. The second-order valence-corrected chi connectivity index (χ2v) is 6.17. The highest BCUT2D eigenvalue weighted by Gasteiger charge is 2.15. The Morgan fingerprint density at radius 1 is 1.26 bits per heavy atom. The minimum Gasteiger partial charge on any atom is -0.368 e. The summed E-state index contributed by atoms with van der Waals surface area (Å²) >= 11 is 0. The van der Waals surface area contributed by atoms with Crippen molar-refractivity contribution in [2.24, 2.45) is 5.73 Å². The third-order valence-electron chi connectivity index (χ3n) is 4.25. The summed E-state index contributed by atoms with van der Waals surface area (Å²) in [4.78, 5) is 28.5. The summed E-state index contributed by atoms with van der Waals surface area (Å²) in [5, 5.41) is 3.42. The van der Waals surface area contributed by atoms with Crippen molar-refractivity contribution in [1.82, 2.24) is 14.9 Å². The molecular weight excluding hydrogens is 354 g/mol. The standard InChI is InChI=1S/C19H18F2N4O2/c1-11(13-7-6-12(20)8-15(13)21)23-9-18-24-16-5-3-2-4-14(16)19(27)25(18)10-17(22)26/h2-8,11,23H,9-10H2,1H3,(H2,22,26)/t11-/m0/s1. The van der Waals surface area contributed by atoms with Crippen LogP contribution in [0.25, 0.3) is 10.9 Å². The number of para-hydroxylation sites is 1. The first-order chi connectivity index (χ1) is 12.9. The fourth-order valence-corrected chi connectivity index (χ4v) is 2.87. The average molecular weight is 372 g/mol. The van der Waals surface area contributed by atoms with Crippen LogP contribution in [0.15, 0.2) is 47.3 Å². The number of carbonyl (C=O) groups is 1. The number of nitrogens with one attached hydrogen (secondary N) is 1. The summed E-state index contributed by atoms with van der Waals surface area (Å²) < 4.78 is 28.2. The average Bonchev–Trinajstić information content (AvgIpc) is 2.62. The number of aromatic nitrogens is 2.